The lowest BCUT2D eigenvalue weighted by molar-refractivity contribution is 0.656. The molecule has 254 valence electrons. The van der Waals surface area contributed by atoms with Gasteiger partial charge in [-0.05, 0) is 111 Å². The Labute approximate surface area is 311 Å². The summed E-state index contributed by atoms with van der Waals surface area (Å²) in [5.41, 5.74) is 17.1. The molecule has 0 atom stereocenters. The van der Waals surface area contributed by atoms with Crippen LogP contribution in [0.5, 0.6) is 0 Å². The van der Waals surface area contributed by atoms with E-state index in [1.54, 1.807) is 0 Å². The van der Waals surface area contributed by atoms with Gasteiger partial charge in [0.25, 0.3) is 0 Å². The van der Waals surface area contributed by atoms with Crippen LogP contribution in [0.4, 0.5) is 0 Å². The third-order valence-corrected chi connectivity index (χ3v) is 12.0. The van der Waals surface area contributed by atoms with E-state index in [-0.39, 0.29) is 5.41 Å². The molecule has 8 aromatic carbocycles. The fraction of sp³-hybridized carbons (Fsp3) is 0.0588. The van der Waals surface area contributed by atoms with Gasteiger partial charge in [0.05, 0.1) is 11.0 Å². The second-order valence-electron chi connectivity index (χ2n) is 15.3. The van der Waals surface area contributed by atoms with E-state index < -0.39 is 0 Å². The van der Waals surface area contributed by atoms with Crippen molar-refractivity contribution in [2.24, 2.45) is 0 Å². The highest BCUT2D eigenvalue weighted by Crippen LogP contribution is 2.53. The summed E-state index contributed by atoms with van der Waals surface area (Å²) in [6.45, 7) is 4.74. The Hall–Kier alpha value is -6.84. The van der Waals surface area contributed by atoms with Gasteiger partial charge in [-0.1, -0.05) is 111 Å². The molecule has 0 fully saturated rings. The maximum absolute atomic E-state index is 6.36. The standard InChI is InChI=1S/C51H33NO2/c1-51(2)42-29-34(19-20-35(42)37-21-25-48-49(50(37)51)38-13-7-9-15-46(38)54-48)52-43-22-16-31(30-10-4-3-5-11-30)26-39(43)40-27-32(17-23-44(40)52)33-18-24-47-41(28-33)36-12-6-8-14-45(36)53-47/h3-29H,1-2H3. The van der Waals surface area contributed by atoms with E-state index in [1.807, 2.05) is 12.1 Å². The Morgan fingerprint density at radius 3 is 1.72 bits per heavy atom. The van der Waals surface area contributed by atoms with Gasteiger partial charge < -0.3 is 13.4 Å². The monoisotopic (exact) mass is 691 g/mol. The molecule has 0 saturated heterocycles. The van der Waals surface area contributed by atoms with Crippen LogP contribution < -0.4 is 0 Å². The molecule has 12 rings (SSSR count). The summed E-state index contributed by atoms with van der Waals surface area (Å²) in [6, 6.07) is 59.3. The highest BCUT2D eigenvalue weighted by molar-refractivity contribution is 6.13. The minimum absolute atomic E-state index is 0.227. The smallest absolute Gasteiger partial charge is 0.135 e. The molecule has 3 nitrogen and oxygen atoms in total. The van der Waals surface area contributed by atoms with Crippen molar-refractivity contribution >= 4 is 65.7 Å². The summed E-state index contributed by atoms with van der Waals surface area (Å²) in [6.07, 6.45) is 0. The molecule has 3 heterocycles. The van der Waals surface area contributed by atoms with Gasteiger partial charge >= 0.3 is 0 Å². The van der Waals surface area contributed by atoms with Crippen molar-refractivity contribution in [2.75, 3.05) is 0 Å². The highest BCUT2D eigenvalue weighted by Gasteiger charge is 2.38. The number of nitrogens with zero attached hydrogens (tertiary/aromatic N) is 1. The number of hydrogen-bond donors (Lipinski definition) is 0. The zero-order valence-corrected chi connectivity index (χ0v) is 29.9. The van der Waals surface area contributed by atoms with E-state index in [0.717, 1.165) is 38.8 Å². The van der Waals surface area contributed by atoms with E-state index >= 15 is 0 Å². The first kappa shape index (κ1) is 29.7. The van der Waals surface area contributed by atoms with E-state index in [2.05, 4.69) is 170 Å². The largest absolute Gasteiger partial charge is 0.456 e. The van der Waals surface area contributed by atoms with Crippen LogP contribution in [0.1, 0.15) is 25.0 Å². The molecule has 0 N–H and O–H groups in total. The van der Waals surface area contributed by atoms with Gasteiger partial charge in [0, 0.05) is 43.4 Å². The van der Waals surface area contributed by atoms with Gasteiger partial charge in [0.15, 0.2) is 0 Å². The fourth-order valence-electron chi connectivity index (χ4n) is 9.45. The molecule has 0 bridgehead atoms. The average molecular weight is 692 g/mol. The predicted octanol–water partition coefficient (Wildman–Crippen LogP) is 14.2. The lowest BCUT2D eigenvalue weighted by Gasteiger charge is -2.23. The molecule has 0 amide bonds. The molecule has 3 heteroatoms. The van der Waals surface area contributed by atoms with Gasteiger partial charge in [-0.3, -0.25) is 0 Å². The van der Waals surface area contributed by atoms with E-state index in [4.69, 9.17) is 8.83 Å². The molecule has 0 spiro atoms. The van der Waals surface area contributed by atoms with Crippen molar-refractivity contribution in [1.29, 1.82) is 0 Å². The molecular formula is C51H33NO2. The zero-order chi connectivity index (χ0) is 35.7. The maximum atomic E-state index is 6.36. The summed E-state index contributed by atoms with van der Waals surface area (Å²) >= 11 is 0. The van der Waals surface area contributed by atoms with E-state index in [0.29, 0.717) is 0 Å². The third kappa shape index (κ3) is 4.01. The van der Waals surface area contributed by atoms with Crippen LogP contribution in [0.15, 0.2) is 173 Å². The minimum Gasteiger partial charge on any atom is -0.456 e. The number of fused-ring (bicyclic) bond motifs is 13. The van der Waals surface area contributed by atoms with Crippen molar-refractivity contribution in [1.82, 2.24) is 4.57 Å². The highest BCUT2D eigenvalue weighted by atomic mass is 16.3. The van der Waals surface area contributed by atoms with Crippen LogP contribution in [0.3, 0.4) is 0 Å². The molecule has 1 aliphatic carbocycles. The molecular weight excluding hydrogens is 659 g/mol. The minimum atomic E-state index is -0.227. The Bertz CT molecular complexity index is 3350. The van der Waals surface area contributed by atoms with Crippen molar-refractivity contribution in [3.8, 4) is 39.1 Å². The van der Waals surface area contributed by atoms with E-state index in [1.165, 1.54) is 77.1 Å². The summed E-state index contributed by atoms with van der Waals surface area (Å²) in [5, 5.41) is 7.15. The van der Waals surface area contributed by atoms with E-state index in [9.17, 15) is 0 Å². The van der Waals surface area contributed by atoms with Crippen LogP contribution >= 0.6 is 0 Å². The average Bonchev–Trinajstić information content (AvgIpc) is 3.94. The van der Waals surface area contributed by atoms with Crippen LogP contribution in [0, 0.1) is 0 Å². The second-order valence-corrected chi connectivity index (χ2v) is 15.3. The topological polar surface area (TPSA) is 31.2 Å². The molecule has 0 radical (unpaired) electrons. The zero-order valence-electron chi connectivity index (χ0n) is 29.9. The number of para-hydroxylation sites is 2. The molecule has 0 saturated carbocycles. The molecule has 11 aromatic rings. The van der Waals surface area contributed by atoms with Crippen molar-refractivity contribution in [3.63, 3.8) is 0 Å². The quantitative estimate of drug-likeness (QED) is 0.185. The molecule has 1 aliphatic rings. The van der Waals surface area contributed by atoms with Crippen molar-refractivity contribution in [3.05, 3.63) is 175 Å². The number of benzene rings is 8. The first-order valence-electron chi connectivity index (χ1n) is 18.7. The first-order chi connectivity index (χ1) is 26.5. The lowest BCUT2D eigenvalue weighted by atomic mass is 9.80. The normalized spacial score (nSPS) is 13.5. The number of aromatic nitrogens is 1. The summed E-state index contributed by atoms with van der Waals surface area (Å²) in [4.78, 5) is 0. The second kappa shape index (κ2) is 10.6. The number of hydrogen-bond acceptors (Lipinski definition) is 2. The van der Waals surface area contributed by atoms with Gasteiger partial charge in [0.1, 0.15) is 22.3 Å². The third-order valence-electron chi connectivity index (χ3n) is 12.0. The maximum Gasteiger partial charge on any atom is 0.135 e. The van der Waals surface area contributed by atoms with Crippen LogP contribution in [-0.2, 0) is 5.41 Å². The Morgan fingerprint density at radius 1 is 0.407 bits per heavy atom. The van der Waals surface area contributed by atoms with Crippen LogP contribution in [-0.4, -0.2) is 4.57 Å². The van der Waals surface area contributed by atoms with Gasteiger partial charge in [0.2, 0.25) is 0 Å². The fourth-order valence-corrected chi connectivity index (χ4v) is 9.45. The van der Waals surface area contributed by atoms with Gasteiger partial charge in [-0.25, -0.2) is 0 Å². The van der Waals surface area contributed by atoms with Gasteiger partial charge in [-0.15, -0.1) is 0 Å². The molecule has 54 heavy (non-hydrogen) atoms. The summed E-state index contributed by atoms with van der Waals surface area (Å²) in [7, 11) is 0. The molecule has 0 unspecified atom stereocenters. The molecule has 3 aromatic heterocycles. The van der Waals surface area contributed by atoms with Crippen molar-refractivity contribution in [2.45, 2.75) is 19.3 Å². The number of rotatable bonds is 3. The Morgan fingerprint density at radius 2 is 0.963 bits per heavy atom. The molecule has 0 aliphatic heterocycles. The number of furan rings is 2. The first-order valence-corrected chi connectivity index (χ1v) is 18.7. The SMILES string of the molecule is CC1(C)c2cc(-n3c4ccc(-c5ccccc5)cc4c4cc(-c5ccc6oc7ccccc7c6c5)ccc43)ccc2-c2ccc3oc4ccccc4c3c21. The summed E-state index contributed by atoms with van der Waals surface area (Å²) in [5.74, 6) is 0. The lowest BCUT2D eigenvalue weighted by Crippen LogP contribution is -2.15. The Kier molecular flexibility index (Phi) is 5.84. The summed E-state index contributed by atoms with van der Waals surface area (Å²) < 4.78 is 15.0. The van der Waals surface area contributed by atoms with Crippen LogP contribution in [0.2, 0.25) is 0 Å². The van der Waals surface area contributed by atoms with Crippen LogP contribution in [0.25, 0.3) is 105 Å². The predicted molar refractivity (Wildman–Crippen MR) is 224 cm³/mol. The van der Waals surface area contributed by atoms with Crippen molar-refractivity contribution < 1.29 is 8.83 Å². The Balaban J connectivity index is 1.07. The van der Waals surface area contributed by atoms with Gasteiger partial charge in [-0.2, -0.15) is 0 Å².